The second-order valence-corrected chi connectivity index (χ2v) is 3.92. The summed E-state index contributed by atoms with van der Waals surface area (Å²) in [5.74, 6) is 0.889. The van der Waals surface area contributed by atoms with Gasteiger partial charge in [0.05, 0.1) is 12.0 Å². The van der Waals surface area contributed by atoms with Crippen LogP contribution < -0.4 is 4.74 Å². The molecule has 0 radical (unpaired) electrons. The van der Waals surface area contributed by atoms with Crippen molar-refractivity contribution in [3.8, 4) is 5.75 Å². The third-order valence-electron chi connectivity index (χ3n) is 2.30. The Bertz CT molecular complexity index is 274. The van der Waals surface area contributed by atoms with E-state index >= 15 is 0 Å². The molecule has 64 valence electrons. The lowest BCUT2D eigenvalue weighted by molar-refractivity contribution is 0.414. The van der Waals surface area contributed by atoms with Crippen molar-refractivity contribution in [2.24, 2.45) is 0 Å². The number of alkyl halides is 1. The van der Waals surface area contributed by atoms with Crippen LogP contribution in [0.5, 0.6) is 5.75 Å². The Balaban J connectivity index is 2.25. The Morgan fingerprint density at radius 2 is 1.83 bits per heavy atom. The summed E-state index contributed by atoms with van der Waals surface area (Å²) < 4.78 is 5.06. The molecule has 0 N–H and O–H groups in total. The molecule has 1 aromatic rings. The number of hydrogen-bond donors (Lipinski definition) is 0. The van der Waals surface area contributed by atoms with E-state index in [1.54, 1.807) is 7.11 Å². The summed E-state index contributed by atoms with van der Waals surface area (Å²) in [6.07, 6.45) is 2.20. The number of halogens is 1. The lowest BCUT2D eigenvalue weighted by atomic mass is 10.1. The molecule has 2 heteroatoms. The average molecular weight is 183 g/mol. The fraction of sp³-hybridized carbons (Fsp3) is 0.400. The molecule has 0 spiro atoms. The summed E-state index contributed by atoms with van der Waals surface area (Å²) in [7, 11) is 1.67. The summed E-state index contributed by atoms with van der Waals surface area (Å²) in [4.78, 5) is -0.0493. The lowest BCUT2D eigenvalue weighted by Crippen LogP contribution is -1.94. The predicted molar refractivity (Wildman–Crippen MR) is 49.8 cm³/mol. The van der Waals surface area contributed by atoms with Gasteiger partial charge in [-0.15, -0.1) is 11.6 Å². The molecule has 0 amide bonds. The molecule has 1 fully saturated rings. The monoisotopic (exact) mass is 182 g/mol. The largest absolute Gasteiger partial charge is 0.497 e. The van der Waals surface area contributed by atoms with Gasteiger partial charge in [-0.2, -0.15) is 0 Å². The van der Waals surface area contributed by atoms with E-state index in [1.165, 1.54) is 5.56 Å². The van der Waals surface area contributed by atoms with Crippen molar-refractivity contribution in [2.75, 3.05) is 7.11 Å². The van der Waals surface area contributed by atoms with Gasteiger partial charge in [-0.3, -0.25) is 0 Å². The molecule has 2 rings (SSSR count). The summed E-state index contributed by atoms with van der Waals surface area (Å²) in [5, 5.41) is 0. The van der Waals surface area contributed by atoms with E-state index in [1.807, 2.05) is 24.3 Å². The normalized spacial score (nSPS) is 18.8. The Hall–Kier alpha value is -0.690. The van der Waals surface area contributed by atoms with Gasteiger partial charge in [0.15, 0.2) is 0 Å². The fourth-order valence-electron chi connectivity index (χ4n) is 1.29. The zero-order valence-electron chi connectivity index (χ0n) is 7.01. The van der Waals surface area contributed by atoms with Crippen LogP contribution in [-0.4, -0.2) is 7.11 Å². The lowest BCUT2D eigenvalue weighted by Gasteiger charge is -2.06. The molecule has 1 aliphatic carbocycles. The Labute approximate surface area is 77.3 Å². The van der Waals surface area contributed by atoms with Gasteiger partial charge in [-0.25, -0.2) is 0 Å². The number of rotatable bonds is 2. The number of methoxy groups -OCH3 is 1. The summed E-state index contributed by atoms with van der Waals surface area (Å²) in [6, 6.07) is 7.99. The van der Waals surface area contributed by atoms with Crippen molar-refractivity contribution in [1.82, 2.24) is 0 Å². The molecule has 0 saturated heterocycles. The maximum Gasteiger partial charge on any atom is 0.118 e. The smallest absolute Gasteiger partial charge is 0.118 e. The standard InChI is InChI=1S/C10H11ClO/c1-12-9-4-2-8(3-5-9)10(11)6-7-10/h2-5H,6-7H2,1H3. The summed E-state index contributed by atoms with van der Waals surface area (Å²) >= 11 is 6.22. The molecule has 0 bridgehead atoms. The number of hydrogen-bond acceptors (Lipinski definition) is 1. The van der Waals surface area contributed by atoms with Crippen LogP contribution in [0.4, 0.5) is 0 Å². The third-order valence-corrected chi connectivity index (χ3v) is 2.89. The van der Waals surface area contributed by atoms with Gasteiger partial charge in [0.25, 0.3) is 0 Å². The quantitative estimate of drug-likeness (QED) is 0.640. The van der Waals surface area contributed by atoms with E-state index in [-0.39, 0.29) is 4.87 Å². The number of ether oxygens (including phenoxy) is 1. The fourth-order valence-corrected chi connectivity index (χ4v) is 1.51. The molecule has 0 unspecified atom stereocenters. The Kier molecular flexibility index (Phi) is 1.76. The first-order valence-corrected chi connectivity index (χ1v) is 4.46. The molecule has 0 heterocycles. The zero-order valence-corrected chi connectivity index (χ0v) is 7.77. The first-order valence-electron chi connectivity index (χ1n) is 4.08. The van der Waals surface area contributed by atoms with Crippen molar-refractivity contribution in [1.29, 1.82) is 0 Å². The van der Waals surface area contributed by atoms with Gasteiger partial charge in [-0.05, 0) is 30.5 Å². The van der Waals surface area contributed by atoms with Crippen LogP contribution in [-0.2, 0) is 4.87 Å². The molecular weight excluding hydrogens is 172 g/mol. The Morgan fingerprint density at radius 1 is 1.25 bits per heavy atom. The third kappa shape index (κ3) is 1.29. The first kappa shape index (κ1) is 7.93. The first-order chi connectivity index (χ1) is 5.74. The maximum atomic E-state index is 6.22. The SMILES string of the molecule is COc1ccc(C2(Cl)CC2)cc1. The highest BCUT2D eigenvalue weighted by Crippen LogP contribution is 2.52. The van der Waals surface area contributed by atoms with Crippen molar-refractivity contribution >= 4 is 11.6 Å². The molecule has 1 saturated carbocycles. The molecule has 1 aliphatic rings. The van der Waals surface area contributed by atoms with Crippen LogP contribution in [0.1, 0.15) is 18.4 Å². The van der Waals surface area contributed by atoms with E-state index in [9.17, 15) is 0 Å². The average Bonchev–Trinajstić information content (AvgIpc) is 2.85. The minimum atomic E-state index is -0.0493. The molecule has 0 aliphatic heterocycles. The van der Waals surface area contributed by atoms with E-state index < -0.39 is 0 Å². The molecule has 0 aromatic heterocycles. The molecule has 0 atom stereocenters. The minimum absolute atomic E-state index is 0.0493. The van der Waals surface area contributed by atoms with Crippen molar-refractivity contribution in [3.63, 3.8) is 0 Å². The second kappa shape index (κ2) is 2.67. The maximum absolute atomic E-state index is 6.22. The van der Waals surface area contributed by atoms with Gasteiger partial charge in [0.2, 0.25) is 0 Å². The molecule has 1 aromatic carbocycles. The molecule has 12 heavy (non-hydrogen) atoms. The van der Waals surface area contributed by atoms with E-state index in [0.29, 0.717) is 0 Å². The summed E-state index contributed by atoms with van der Waals surface area (Å²) in [6.45, 7) is 0. The Morgan fingerprint density at radius 3 is 2.25 bits per heavy atom. The van der Waals surface area contributed by atoms with E-state index in [4.69, 9.17) is 16.3 Å². The molecular formula is C10H11ClO. The van der Waals surface area contributed by atoms with Gasteiger partial charge in [0, 0.05) is 0 Å². The van der Waals surface area contributed by atoms with Crippen LogP contribution in [0.15, 0.2) is 24.3 Å². The highest BCUT2D eigenvalue weighted by Gasteiger charge is 2.41. The van der Waals surface area contributed by atoms with E-state index in [2.05, 4.69) is 0 Å². The van der Waals surface area contributed by atoms with Crippen LogP contribution in [0.2, 0.25) is 0 Å². The molecule has 1 nitrogen and oxygen atoms in total. The topological polar surface area (TPSA) is 9.23 Å². The highest BCUT2D eigenvalue weighted by molar-refractivity contribution is 6.25. The van der Waals surface area contributed by atoms with Crippen LogP contribution in [0.25, 0.3) is 0 Å². The van der Waals surface area contributed by atoms with Gasteiger partial charge in [-0.1, -0.05) is 12.1 Å². The second-order valence-electron chi connectivity index (χ2n) is 3.19. The highest BCUT2D eigenvalue weighted by atomic mass is 35.5. The van der Waals surface area contributed by atoms with Crippen molar-refractivity contribution in [2.45, 2.75) is 17.7 Å². The van der Waals surface area contributed by atoms with Gasteiger partial charge < -0.3 is 4.74 Å². The van der Waals surface area contributed by atoms with Crippen LogP contribution in [0.3, 0.4) is 0 Å². The predicted octanol–water partition coefficient (Wildman–Crippen LogP) is 2.92. The van der Waals surface area contributed by atoms with Crippen LogP contribution >= 0.6 is 11.6 Å². The minimum Gasteiger partial charge on any atom is -0.497 e. The summed E-state index contributed by atoms with van der Waals surface area (Å²) in [5.41, 5.74) is 1.21. The van der Waals surface area contributed by atoms with Crippen molar-refractivity contribution < 1.29 is 4.74 Å². The van der Waals surface area contributed by atoms with Crippen molar-refractivity contribution in [3.05, 3.63) is 29.8 Å². The number of benzene rings is 1. The zero-order chi connectivity index (χ0) is 8.60. The van der Waals surface area contributed by atoms with Gasteiger partial charge >= 0.3 is 0 Å². The van der Waals surface area contributed by atoms with E-state index in [0.717, 1.165) is 18.6 Å². The van der Waals surface area contributed by atoms with Gasteiger partial charge in [0.1, 0.15) is 5.75 Å². The van der Waals surface area contributed by atoms with Crippen LogP contribution in [0, 0.1) is 0 Å².